The molecule has 0 spiro atoms. The first-order valence-corrected chi connectivity index (χ1v) is 13.7. The van der Waals surface area contributed by atoms with E-state index in [1.807, 2.05) is 0 Å². The topological polar surface area (TPSA) is 135 Å². The van der Waals surface area contributed by atoms with Gasteiger partial charge in [0.25, 0.3) is 0 Å². The summed E-state index contributed by atoms with van der Waals surface area (Å²) in [5.41, 5.74) is 0.736. The Morgan fingerprint density at radius 1 is 0.500 bits per heavy atom. The predicted molar refractivity (Wildman–Crippen MR) is 155 cm³/mol. The van der Waals surface area contributed by atoms with Crippen molar-refractivity contribution in [1.82, 2.24) is 0 Å². The number of carbonyl (C=O) groups is 4. The van der Waals surface area contributed by atoms with Crippen molar-refractivity contribution < 1.29 is 48.0 Å². The molecular weight excluding hydrogens is 568 g/mol. The number of ether oxygens (including phenoxy) is 5. The van der Waals surface area contributed by atoms with Crippen LogP contribution in [0.15, 0.2) is 121 Å². The number of hydrogen-bond donors (Lipinski definition) is 1. The molecule has 1 heterocycles. The van der Waals surface area contributed by atoms with Gasteiger partial charge in [0, 0.05) is 0 Å². The predicted octanol–water partition coefficient (Wildman–Crippen LogP) is 4.24. The Morgan fingerprint density at radius 2 is 0.841 bits per heavy atom. The molecule has 5 rings (SSSR count). The first-order chi connectivity index (χ1) is 21.4. The highest BCUT2D eigenvalue weighted by Gasteiger charge is 2.52. The van der Waals surface area contributed by atoms with Gasteiger partial charge in [0.1, 0.15) is 12.7 Å². The first-order valence-electron chi connectivity index (χ1n) is 13.7. The maximum absolute atomic E-state index is 13.3. The molecule has 1 fully saturated rings. The van der Waals surface area contributed by atoms with Crippen molar-refractivity contribution in [2.45, 2.75) is 30.7 Å². The lowest BCUT2D eigenvalue weighted by Crippen LogP contribution is -2.62. The van der Waals surface area contributed by atoms with E-state index in [0.717, 1.165) is 0 Å². The third-order valence-electron chi connectivity index (χ3n) is 6.76. The van der Waals surface area contributed by atoms with Crippen LogP contribution in [-0.4, -0.2) is 66.3 Å². The third kappa shape index (κ3) is 7.35. The normalized spacial score (nSPS) is 21.0. The SMILES string of the molecule is O=C(OCC1O[C@H](O)C(OC(=O)c2ccccc2)C(OC(=O)c2ccccc2)[C@H]1OC(=O)c1ccccc1)c1ccccc1. The summed E-state index contributed by atoms with van der Waals surface area (Å²) in [5.74, 6) is -3.21. The second kappa shape index (κ2) is 14.2. The number of carbonyl (C=O) groups excluding carboxylic acids is 4. The van der Waals surface area contributed by atoms with Crippen LogP contribution in [0.25, 0.3) is 0 Å². The summed E-state index contributed by atoms with van der Waals surface area (Å²) in [5, 5.41) is 11.1. The fourth-order valence-electron chi connectivity index (χ4n) is 4.54. The molecule has 10 nitrogen and oxygen atoms in total. The molecule has 1 N–H and O–H groups in total. The van der Waals surface area contributed by atoms with E-state index < -0.39 is 61.2 Å². The molecular formula is C34H28O10. The van der Waals surface area contributed by atoms with Crippen LogP contribution < -0.4 is 0 Å². The van der Waals surface area contributed by atoms with Gasteiger partial charge in [0.15, 0.2) is 24.6 Å². The molecule has 0 aliphatic carbocycles. The van der Waals surface area contributed by atoms with E-state index in [1.165, 1.54) is 36.4 Å². The Morgan fingerprint density at radius 3 is 1.25 bits per heavy atom. The maximum Gasteiger partial charge on any atom is 0.338 e. The van der Waals surface area contributed by atoms with Gasteiger partial charge in [-0.15, -0.1) is 0 Å². The van der Waals surface area contributed by atoms with E-state index in [4.69, 9.17) is 23.7 Å². The number of aliphatic hydroxyl groups excluding tert-OH is 1. The zero-order chi connectivity index (χ0) is 30.9. The molecule has 1 aliphatic rings. The third-order valence-corrected chi connectivity index (χ3v) is 6.76. The van der Waals surface area contributed by atoms with E-state index in [-0.39, 0.29) is 22.3 Å². The van der Waals surface area contributed by atoms with Crippen molar-refractivity contribution in [2.24, 2.45) is 0 Å². The summed E-state index contributed by atoms with van der Waals surface area (Å²) in [6.45, 7) is -0.504. The van der Waals surface area contributed by atoms with Crippen LogP contribution >= 0.6 is 0 Å². The van der Waals surface area contributed by atoms with Crippen LogP contribution in [0.3, 0.4) is 0 Å². The number of aliphatic hydroxyl groups is 1. The number of hydrogen-bond acceptors (Lipinski definition) is 10. The van der Waals surface area contributed by atoms with Gasteiger partial charge in [-0.1, -0.05) is 72.8 Å². The second-order valence-corrected chi connectivity index (χ2v) is 9.74. The summed E-state index contributed by atoms with van der Waals surface area (Å²) in [7, 11) is 0. The molecule has 10 heteroatoms. The van der Waals surface area contributed by atoms with Crippen molar-refractivity contribution in [3.05, 3.63) is 144 Å². The summed E-state index contributed by atoms with van der Waals surface area (Å²) in [6.07, 6.45) is -7.89. The molecule has 0 amide bonds. The van der Waals surface area contributed by atoms with Crippen LogP contribution in [0.5, 0.6) is 0 Å². The summed E-state index contributed by atoms with van der Waals surface area (Å²) >= 11 is 0. The molecule has 1 aliphatic heterocycles. The molecule has 0 aromatic heterocycles. The maximum atomic E-state index is 13.3. The van der Waals surface area contributed by atoms with Crippen LogP contribution in [0.4, 0.5) is 0 Å². The molecule has 44 heavy (non-hydrogen) atoms. The summed E-state index contributed by atoms with van der Waals surface area (Å²) in [6, 6.07) is 32.1. The average molecular weight is 597 g/mol. The zero-order valence-electron chi connectivity index (χ0n) is 23.3. The minimum Gasteiger partial charge on any atom is -0.459 e. The van der Waals surface area contributed by atoms with Gasteiger partial charge >= 0.3 is 23.9 Å². The lowest BCUT2D eigenvalue weighted by atomic mass is 9.97. The van der Waals surface area contributed by atoms with Gasteiger partial charge < -0.3 is 28.8 Å². The second-order valence-electron chi connectivity index (χ2n) is 9.74. The molecule has 0 radical (unpaired) electrons. The minimum atomic E-state index is -1.86. The number of rotatable bonds is 9. The molecule has 0 bridgehead atoms. The van der Waals surface area contributed by atoms with Crippen molar-refractivity contribution in [3.63, 3.8) is 0 Å². The summed E-state index contributed by atoms with van der Waals surface area (Å²) < 4.78 is 28.4. The van der Waals surface area contributed by atoms with Crippen molar-refractivity contribution in [1.29, 1.82) is 0 Å². The quantitative estimate of drug-likeness (QED) is 0.221. The van der Waals surface area contributed by atoms with Gasteiger partial charge in [-0.2, -0.15) is 0 Å². The minimum absolute atomic E-state index is 0.154. The van der Waals surface area contributed by atoms with Gasteiger partial charge in [-0.25, -0.2) is 19.2 Å². The van der Waals surface area contributed by atoms with Gasteiger partial charge in [0.2, 0.25) is 0 Å². The lowest BCUT2D eigenvalue weighted by Gasteiger charge is -2.42. The van der Waals surface area contributed by atoms with Crippen LogP contribution in [0, 0.1) is 0 Å². The van der Waals surface area contributed by atoms with Crippen molar-refractivity contribution in [3.8, 4) is 0 Å². The highest BCUT2D eigenvalue weighted by atomic mass is 16.7. The van der Waals surface area contributed by atoms with Crippen LogP contribution in [0.2, 0.25) is 0 Å². The molecule has 3 unspecified atom stereocenters. The number of esters is 4. The van der Waals surface area contributed by atoms with E-state index in [0.29, 0.717) is 0 Å². The fourth-order valence-corrected chi connectivity index (χ4v) is 4.54. The summed E-state index contributed by atoms with van der Waals surface area (Å²) in [4.78, 5) is 52.3. The molecule has 1 saturated heterocycles. The van der Waals surface area contributed by atoms with E-state index >= 15 is 0 Å². The molecule has 0 saturated carbocycles. The van der Waals surface area contributed by atoms with Crippen LogP contribution in [-0.2, 0) is 23.7 Å². The fraction of sp³-hybridized carbons (Fsp3) is 0.176. The van der Waals surface area contributed by atoms with Gasteiger partial charge in [0.05, 0.1) is 22.3 Å². The average Bonchev–Trinajstić information content (AvgIpc) is 3.07. The van der Waals surface area contributed by atoms with Gasteiger partial charge in [-0.3, -0.25) is 0 Å². The monoisotopic (exact) mass is 596 g/mol. The van der Waals surface area contributed by atoms with Crippen LogP contribution in [0.1, 0.15) is 41.4 Å². The number of benzene rings is 4. The van der Waals surface area contributed by atoms with Gasteiger partial charge in [-0.05, 0) is 48.5 Å². The van der Waals surface area contributed by atoms with E-state index in [9.17, 15) is 24.3 Å². The molecule has 4 aromatic carbocycles. The first kappa shape index (κ1) is 30.1. The Hall–Kier alpha value is -5.32. The smallest absolute Gasteiger partial charge is 0.338 e. The zero-order valence-corrected chi connectivity index (χ0v) is 23.3. The molecule has 4 aromatic rings. The Balaban J connectivity index is 1.48. The molecule has 224 valence electrons. The lowest BCUT2D eigenvalue weighted by molar-refractivity contribution is -0.284. The van der Waals surface area contributed by atoms with Crippen molar-refractivity contribution >= 4 is 23.9 Å². The highest BCUT2D eigenvalue weighted by Crippen LogP contribution is 2.30. The van der Waals surface area contributed by atoms with E-state index in [2.05, 4.69) is 0 Å². The molecule has 5 atom stereocenters. The Kier molecular flexibility index (Phi) is 9.75. The standard InChI is InChI=1S/C34H28O10/c35-30(22-13-5-1-6-14-22)40-21-26-27(42-31(36)23-15-7-2-8-16-23)28(43-32(37)24-17-9-3-10-18-24)29(34(39)41-26)44-33(38)25-19-11-4-12-20-25/h1-20,26-29,34,39H,21H2/t26?,27-,28?,29?,34-/m0/s1. The van der Waals surface area contributed by atoms with Crippen molar-refractivity contribution in [2.75, 3.05) is 6.61 Å². The highest BCUT2D eigenvalue weighted by molar-refractivity contribution is 5.91. The Labute approximate surface area is 252 Å². The Bertz CT molecular complexity index is 1560. The largest absolute Gasteiger partial charge is 0.459 e. The van der Waals surface area contributed by atoms with E-state index in [1.54, 1.807) is 84.9 Å².